The van der Waals surface area contributed by atoms with Crippen LogP contribution < -0.4 is 5.73 Å². The number of hydrogen-bond donors (Lipinski definition) is 1. The zero-order valence-corrected chi connectivity index (χ0v) is 11.9. The van der Waals surface area contributed by atoms with Crippen molar-refractivity contribution in [1.82, 2.24) is 9.78 Å². The van der Waals surface area contributed by atoms with E-state index in [1.54, 1.807) is 16.4 Å². The highest BCUT2D eigenvalue weighted by atomic mass is 79.9. The molecule has 0 bridgehead atoms. The Bertz CT molecular complexity index is 481. The van der Waals surface area contributed by atoms with Gasteiger partial charge in [-0.1, -0.05) is 15.9 Å². The summed E-state index contributed by atoms with van der Waals surface area (Å²) in [7, 11) is 1.92. The third-order valence-electron chi connectivity index (χ3n) is 2.40. The van der Waals surface area contributed by atoms with Crippen LogP contribution in [0.15, 0.2) is 46.0 Å². The number of aromatic nitrogens is 2. The van der Waals surface area contributed by atoms with Crippen molar-refractivity contribution < 1.29 is 0 Å². The van der Waals surface area contributed by atoms with Crippen molar-refractivity contribution in [3.63, 3.8) is 0 Å². The molecule has 1 aromatic heterocycles. The maximum atomic E-state index is 5.82. The van der Waals surface area contributed by atoms with Gasteiger partial charge in [0, 0.05) is 40.0 Å². The van der Waals surface area contributed by atoms with Gasteiger partial charge in [-0.2, -0.15) is 5.10 Å². The van der Waals surface area contributed by atoms with E-state index in [0.717, 1.165) is 4.47 Å². The van der Waals surface area contributed by atoms with Crippen LogP contribution in [0, 0.1) is 0 Å². The first-order valence-electron chi connectivity index (χ1n) is 5.30. The minimum Gasteiger partial charge on any atom is -0.329 e. The Labute approximate surface area is 114 Å². The van der Waals surface area contributed by atoms with E-state index in [4.69, 9.17) is 5.73 Å². The largest absolute Gasteiger partial charge is 0.329 e. The fraction of sp³-hybridized carbons (Fsp3) is 0.250. The molecular formula is C12H14BrN3S. The second-order valence-electron chi connectivity index (χ2n) is 3.74. The minimum absolute atomic E-state index is 0.255. The molecule has 17 heavy (non-hydrogen) atoms. The first-order chi connectivity index (χ1) is 8.19. The van der Waals surface area contributed by atoms with Crippen LogP contribution in [0.25, 0.3) is 0 Å². The topological polar surface area (TPSA) is 43.8 Å². The van der Waals surface area contributed by atoms with Crippen LogP contribution in [0.5, 0.6) is 0 Å². The molecule has 0 aliphatic rings. The molecule has 5 heteroatoms. The predicted molar refractivity (Wildman–Crippen MR) is 75.0 cm³/mol. The summed E-state index contributed by atoms with van der Waals surface area (Å²) in [5, 5.41) is 4.44. The van der Waals surface area contributed by atoms with E-state index in [1.165, 1.54) is 10.5 Å². The van der Waals surface area contributed by atoms with E-state index in [-0.39, 0.29) is 5.25 Å². The summed E-state index contributed by atoms with van der Waals surface area (Å²) in [5.74, 6) is 0. The number of nitrogens with two attached hydrogens (primary N) is 1. The van der Waals surface area contributed by atoms with E-state index in [9.17, 15) is 0 Å². The Morgan fingerprint density at radius 1 is 1.41 bits per heavy atom. The van der Waals surface area contributed by atoms with Crippen molar-refractivity contribution in [2.75, 3.05) is 6.54 Å². The molecule has 2 N–H and O–H groups in total. The molecule has 90 valence electrons. The highest BCUT2D eigenvalue weighted by Crippen LogP contribution is 2.34. The first-order valence-corrected chi connectivity index (χ1v) is 6.97. The molecule has 2 rings (SSSR count). The van der Waals surface area contributed by atoms with Crippen molar-refractivity contribution in [3.8, 4) is 0 Å². The third kappa shape index (κ3) is 3.34. The molecular weight excluding hydrogens is 298 g/mol. The zero-order chi connectivity index (χ0) is 12.3. The summed E-state index contributed by atoms with van der Waals surface area (Å²) in [5.41, 5.74) is 6.99. The van der Waals surface area contributed by atoms with Crippen molar-refractivity contribution >= 4 is 27.7 Å². The van der Waals surface area contributed by atoms with Gasteiger partial charge in [-0.25, -0.2) is 0 Å². The average molecular weight is 312 g/mol. The molecule has 0 saturated heterocycles. The van der Waals surface area contributed by atoms with Gasteiger partial charge in [-0.15, -0.1) is 11.8 Å². The Morgan fingerprint density at radius 3 is 2.65 bits per heavy atom. The fourth-order valence-corrected chi connectivity index (χ4v) is 2.78. The molecule has 0 saturated carbocycles. The van der Waals surface area contributed by atoms with Crippen LogP contribution in [-0.4, -0.2) is 16.3 Å². The van der Waals surface area contributed by atoms with Crippen LogP contribution in [0.4, 0.5) is 0 Å². The summed E-state index contributed by atoms with van der Waals surface area (Å²) >= 11 is 5.19. The summed E-state index contributed by atoms with van der Waals surface area (Å²) in [6.45, 7) is 0.604. The lowest BCUT2D eigenvalue weighted by Gasteiger charge is -2.12. The predicted octanol–water partition coefficient (Wildman–Crippen LogP) is 2.97. The highest BCUT2D eigenvalue weighted by Gasteiger charge is 2.13. The molecule has 0 spiro atoms. The van der Waals surface area contributed by atoms with E-state index < -0.39 is 0 Å². The standard InChI is InChI=1S/C12H14BrN3S/c1-16-8-9(7-15-16)12(6-14)17-11-4-2-10(13)3-5-11/h2-5,7-8,12H,6,14H2,1H3. The van der Waals surface area contributed by atoms with Gasteiger partial charge < -0.3 is 5.73 Å². The molecule has 3 nitrogen and oxygen atoms in total. The molecule has 0 aliphatic heterocycles. The van der Waals surface area contributed by atoms with Crippen LogP contribution in [-0.2, 0) is 7.05 Å². The van der Waals surface area contributed by atoms with Crippen LogP contribution in [0.1, 0.15) is 10.8 Å². The third-order valence-corrected chi connectivity index (χ3v) is 4.22. The van der Waals surface area contributed by atoms with Gasteiger partial charge in [-0.3, -0.25) is 4.68 Å². The molecule has 1 heterocycles. The fourth-order valence-electron chi connectivity index (χ4n) is 1.54. The van der Waals surface area contributed by atoms with Gasteiger partial charge in [0.25, 0.3) is 0 Å². The molecule has 0 aliphatic carbocycles. The number of rotatable bonds is 4. The molecule has 2 aromatic rings. The molecule has 1 atom stereocenters. The van der Waals surface area contributed by atoms with Crippen molar-refractivity contribution in [2.45, 2.75) is 10.1 Å². The minimum atomic E-state index is 0.255. The maximum Gasteiger partial charge on any atom is 0.0533 e. The van der Waals surface area contributed by atoms with Gasteiger partial charge in [0.2, 0.25) is 0 Å². The first kappa shape index (κ1) is 12.7. The van der Waals surface area contributed by atoms with Crippen molar-refractivity contribution in [2.24, 2.45) is 12.8 Å². The van der Waals surface area contributed by atoms with Crippen LogP contribution in [0.2, 0.25) is 0 Å². The second kappa shape index (κ2) is 5.71. The normalized spacial score (nSPS) is 12.6. The molecule has 0 radical (unpaired) electrons. The van der Waals surface area contributed by atoms with Gasteiger partial charge in [0.1, 0.15) is 0 Å². The van der Waals surface area contributed by atoms with Gasteiger partial charge in [0.05, 0.1) is 6.20 Å². The van der Waals surface area contributed by atoms with Gasteiger partial charge in [-0.05, 0) is 24.3 Å². The Morgan fingerprint density at radius 2 is 2.12 bits per heavy atom. The van der Waals surface area contributed by atoms with Crippen molar-refractivity contribution in [3.05, 3.63) is 46.7 Å². The molecule has 1 unspecified atom stereocenters. The van der Waals surface area contributed by atoms with Gasteiger partial charge >= 0.3 is 0 Å². The number of hydrogen-bond acceptors (Lipinski definition) is 3. The summed E-state index contributed by atoms with van der Waals surface area (Å²) in [6, 6.07) is 8.26. The smallest absolute Gasteiger partial charge is 0.0533 e. The van der Waals surface area contributed by atoms with E-state index in [0.29, 0.717) is 6.54 Å². The number of halogens is 1. The summed E-state index contributed by atoms with van der Waals surface area (Å²) in [6.07, 6.45) is 3.90. The SMILES string of the molecule is Cn1cc(C(CN)Sc2ccc(Br)cc2)cn1. The van der Waals surface area contributed by atoms with E-state index >= 15 is 0 Å². The molecule has 0 fully saturated rings. The lowest BCUT2D eigenvalue weighted by molar-refractivity contribution is 0.766. The average Bonchev–Trinajstić information content (AvgIpc) is 2.75. The number of benzene rings is 1. The highest BCUT2D eigenvalue weighted by molar-refractivity contribution is 9.10. The maximum absolute atomic E-state index is 5.82. The molecule has 0 amide bonds. The monoisotopic (exact) mass is 311 g/mol. The number of aryl methyl sites for hydroxylation is 1. The summed E-state index contributed by atoms with van der Waals surface area (Å²) in [4.78, 5) is 1.22. The van der Waals surface area contributed by atoms with Crippen LogP contribution in [0.3, 0.4) is 0 Å². The summed E-state index contributed by atoms with van der Waals surface area (Å²) < 4.78 is 2.90. The van der Waals surface area contributed by atoms with Crippen LogP contribution >= 0.6 is 27.7 Å². The number of nitrogens with zero attached hydrogens (tertiary/aromatic N) is 2. The zero-order valence-electron chi connectivity index (χ0n) is 9.51. The second-order valence-corrected chi connectivity index (χ2v) is 5.94. The lowest BCUT2D eigenvalue weighted by Crippen LogP contribution is -2.08. The van der Waals surface area contributed by atoms with Gasteiger partial charge in [0.15, 0.2) is 0 Å². The Balaban J connectivity index is 2.12. The Hall–Kier alpha value is -0.780. The lowest BCUT2D eigenvalue weighted by atomic mass is 10.2. The van der Waals surface area contributed by atoms with E-state index in [1.807, 2.05) is 31.6 Å². The molecule has 1 aromatic carbocycles. The van der Waals surface area contributed by atoms with E-state index in [2.05, 4.69) is 33.2 Å². The Kier molecular flexibility index (Phi) is 4.25. The quantitative estimate of drug-likeness (QED) is 0.883. The van der Waals surface area contributed by atoms with Crippen molar-refractivity contribution in [1.29, 1.82) is 0 Å². The number of thioether (sulfide) groups is 1.